The van der Waals surface area contributed by atoms with Gasteiger partial charge in [-0.3, -0.25) is 0 Å². The van der Waals surface area contributed by atoms with E-state index in [-0.39, 0.29) is 0 Å². The Morgan fingerprint density at radius 2 is 1.10 bits per heavy atom. The molecule has 0 bridgehead atoms. The Morgan fingerprint density at radius 3 is 1.52 bits per heavy atom. The van der Waals surface area contributed by atoms with Crippen LogP contribution in [0.25, 0.3) is 0 Å². The maximum Gasteiger partial charge on any atom is 0.339 e. The number of anilines is 3. The molecule has 0 aliphatic heterocycles. The Bertz CT molecular complexity index is 954. The van der Waals surface area contributed by atoms with E-state index in [1.165, 1.54) is 14.2 Å². The van der Waals surface area contributed by atoms with Gasteiger partial charge in [-0.15, -0.1) is 0 Å². The van der Waals surface area contributed by atoms with E-state index in [1.54, 1.807) is 43.5 Å². The van der Waals surface area contributed by atoms with E-state index in [0.29, 0.717) is 28.3 Å². The predicted octanol–water partition coefficient (Wildman–Crippen LogP) is 4.74. The molecule has 3 rings (SSSR count). The molecular formula is C23H21NO5. The highest BCUT2D eigenvalue weighted by molar-refractivity contribution is 6.02. The molecule has 0 fully saturated rings. The zero-order valence-corrected chi connectivity index (χ0v) is 16.4. The number of esters is 2. The summed E-state index contributed by atoms with van der Waals surface area (Å²) in [6, 6.07) is 21.4. The topological polar surface area (TPSA) is 65.1 Å². The highest BCUT2D eigenvalue weighted by Crippen LogP contribution is 2.39. The maximum atomic E-state index is 12.4. The van der Waals surface area contributed by atoms with Gasteiger partial charge in [-0.05, 0) is 48.5 Å². The van der Waals surface area contributed by atoms with Crippen molar-refractivity contribution in [3.8, 4) is 5.75 Å². The summed E-state index contributed by atoms with van der Waals surface area (Å²) in [6.45, 7) is 0. The summed E-state index contributed by atoms with van der Waals surface area (Å²) in [5.74, 6) is -0.263. The van der Waals surface area contributed by atoms with Crippen LogP contribution in [0.2, 0.25) is 0 Å². The second-order valence-corrected chi connectivity index (χ2v) is 6.05. The second kappa shape index (κ2) is 8.93. The monoisotopic (exact) mass is 391 g/mol. The fourth-order valence-electron chi connectivity index (χ4n) is 3.04. The minimum absolute atomic E-state index is 0.366. The molecule has 0 radical (unpaired) electrons. The number of carbonyl (C=O) groups is 2. The smallest absolute Gasteiger partial charge is 0.339 e. The van der Waals surface area contributed by atoms with Crippen LogP contribution in [0.3, 0.4) is 0 Å². The van der Waals surface area contributed by atoms with Gasteiger partial charge < -0.3 is 19.1 Å². The first-order valence-electron chi connectivity index (χ1n) is 8.89. The molecule has 0 saturated heterocycles. The molecule has 0 heterocycles. The van der Waals surface area contributed by atoms with Crippen LogP contribution >= 0.6 is 0 Å². The summed E-state index contributed by atoms with van der Waals surface area (Å²) >= 11 is 0. The predicted molar refractivity (Wildman–Crippen MR) is 110 cm³/mol. The average Bonchev–Trinajstić information content (AvgIpc) is 2.79. The molecule has 0 aromatic heterocycles. The number of hydrogen-bond acceptors (Lipinski definition) is 6. The molecular weight excluding hydrogens is 370 g/mol. The first kappa shape index (κ1) is 19.9. The van der Waals surface area contributed by atoms with Crippen molar-refractivity contribution in [1.29, 1.82) is 0 Å². The molecule has 0 spiro atoms. The number of para-hydroxylation sites is 2. The molecule has 6 nitrogen and oxygen atoms in total. The number of carbonyl (C=O) groups excluding carboxylic acids is 2. The molecule has 0 aliphatic carbocycles. The lowest BCUT2D eigenvalue weighted by Crippen LogP contribution is -2.18. The summed E-state index contributed by atoms with van der Waals surface area (Å²) in [6.07, 6.45) is 0. The van der Waals surface area contributed by atoms with Crippen molar-refractivity contribution in [3.63, 3.8) is 0 Å². The number of rotatable bonds is 6. The molecule has 0 amide bonds. The van der Waals surface area contributed by atoms with Crippen molar-refractivity contribution in [2.24, 2.45) is 0 Å². The zero-order chi connectivity index (χ0) is 20.8. The number of benzene rings is 3. The van der Waals surface area contributed by atoms with Gasteiger partial charge in [0.1, 0.15) is 5.75 Å². The molecule has 0 aliphatic rings. The highest BCUT2D eigenvalue weighted by Gasteiger charge is 2.24. The maximum absolute atomic E-state index is 12.4. The van der Waals surface area contributed by atoms with Crippen LogP contribution in [0.5, 0.6) is 5.75 Å². The first-order valence-corrected chi connectivity index (χ1v) is 8.89. The van der Waals surface area contributed by atoms with Gasteiger partial charge in [0, 0.05) is 5.69 Å². The highest BCUT2D eigenvalue weighted by atomic mass is 16.5. The van der Waals surface area contributed by atoms with Crippen molar-refractivity contribution in [3.05, 3.63) is 83.9 Å². The van der Waals surface area contributed by atoms with E-state index in [4.69, 9.17) is 14.2 Å². The van der Waals surface area contributed by atoms with Gasteiger partial charge in [0.25, 0.3) is 0 Å². The third-order valence-corrected chi connectivity index (χ3v) is 4.43. The quantitative estimate of drug-likeness (QED) is 0.566. The SMILES string of the molecule is COC(=O)c1ccccc1N(c1ccc(OC)cc1)c1ccccc1C(=O)OC. The molecule has 6 heteroatoms. The summed E-state index contributed by atoms with van der Waals surface area (Å²) in [4.78, 5) is 26.6. The lowest BCUT2D eigenvalue weighted by atomic mass is 10.1. The lowest BCUT2D eigenvalue weighted by molar-refractivity contribution is 0.0594. The van der Waals surface area contributed by atoms with Crippen LogP contribution < -0.4 is 9.64 Å². The van der Waals surface area contributed by atoms with Crippen LogP contribution in [0.1, 0.15) is 20.7 Å². The molecule has 0 N–H and O–H groups in total. The number of hydrogen-bond donors (Lipinski definition) is 0. The Morgan fingerprint density at radius 1 is 0.655 bits per heavy atom. The average molecular weight is 391 g/mol. The fraction of sp³-hybridized carbons (Fsp3) is 0.130. The van der Waals surface area contributed by atoms with Gasteiger partial charge >= 0.3 is 11.9 Å². The number of nitrogens with zero attached hydrogens (tertiary/aromatic N) is 1. The summed E-state index contributed by atoms with van der Waals surface area (Å²) < 4.78 is 15.2. The van der Waals surface area contributed by atoms with Gasteiger partial charge in [-0.1, -0.05) is 24.3 Å². The Kier molecular flexibility index (Phi) is 6.14. The van der Waals surface area contributed by atoms with Crippen LogP contribution in [0, 0.1) is 0 Å². The first-order chi connectivity index (χ1) is 14.1. The number of ether oxygens (including phenoxy) is 3. The third kappa shape index (κ3) is 4.06. The normalized spacial score (nSPS) is 10.2. The van der Waals surface area contributed by atoms with Gasteiger partial charge in [0.05, 0.1) is 43.8 Å². The fourth-order valence-corrected chi connectivity index (χ4v) is 3.04. The van der Waals surface area contributed by atoms with E-state index < -0.39 is 11.9 Å². The third-order valence-electron chi connectivity index (χ3n) is 4.43. The molecule has 0 unspecified atom stereocenters. The second-order valence-electron chi connectivity index (χ2n) is 6.05. The van der Waals surface area contributed by atoms with Crippen molar-refractivity contribution in [1.82, 2.24) is 0 Å². The number of methoxy groups -OCH3 is 3. The summed E-state index contributed by atoms with van der Waals surface area (Å²) in [5, 5.41) is 0. The van der Waals surface area contributed by atoms with Crippen molar-refractivity contribution < 1.29 is 23.8 Å². The van der Waals surface area contributed by atoms with E-state index in [1.807, 2.05) is 41.3 Å². The molecule has 29 heavy (non-hydrogen) atoms. The van der Waals surface area contributed by atoms with E-state index in [2.05, 4.69) is 0 Å². The molecule has 3 aromatic carbocycles. The molecule has 148 valence electrons. The Hall–Kier alpha value is -3.80. The van der Waals surface area contributed by atoms with Crippen LogP contribution in [-0.4, -0.2) is 33.3 Å². The van der Waals surface area contributed by atoms with Gasteiger partial charge in [-0.25, -0.2) is 9.59 Å². The Balaban J connectivity index is 2.28. The standard InChI is InChI=1S/C23H21NO5/c1-27-17-14-12-16(13-15-17)24(20-10-6-4-8-18(20)22(25)28-2)21-11-7-5-9-19(21)23(26)29-3/h4-15H,1-3H3. The van der Waals surface area contributed by atoms with E-state index in [0.717, 1.165) is 5.69 Å². The molecule has 0 saturated carbocycles. The van der Waals surface area contributed by atoms with Crippen LogP contribution in [0.4, 0.5) is 17.1 Å². The van der Waals surface area contributed by atoms with Crippen molar-refractivity contribution in [2.75, 3.05) is 26.2 Å². The van der Waals surface area contributed by atoms with Crippen LogP contribution in [0.15, 0.2) is 72.8 Å². The zero-order valence-electron chi connectivity index (χ0n) is 16.4. The summed E-state index contributed by atoms with van der Waals surface area (Å²) in [5.41, 5.74) is 2.61. The molecule has 3 aromatic rings. The lowest BCUT2D eigenvalue weighted by Gasteiger charge is -2.28. The minimum atomic E-state index is -0.477. The van der Waals surface area contributed by atoms with E-state index >= 15 is 0 Å². The van der Waals surface area contributed by atoms with Crippen molar-refractivity contribution >= 4 is 29.0 Å². The van der Waals surface area contributed by atoms with E-state index in [9.17, 15) is 9.59 Å². The van der Waals surface area contributed by atoms with Crippen molar-refractivity contribution in [2.45, 2.75) is 0 Å². The minimum Gasteiger partial charge on any atom is -0.497 e. The molecule has 0 atom stereocenters. The largest absolute Gasteiger partial charge is 0.497 e. The van der Waals surface area contributed by atoms with Crippen LogP contribution in [-0.2, 0) is 9.47 Å². The van der Waals surface area contributed by atoms with Gasteiger partial charge in [0.2, 0.25) is 0 Å². The Labute approximate surface area is 169 Å². The van der Waals surface area contributed by atoms with Gasteiger partial charge in [-0.2, -0.15) is 0 Å². The summed E-state index contributed by atoms with van der Waals surface area (Å²) in [7, 11) is 4.25. The van der Waals surface area contributed by atoms with Gasteiger partial charge in [0.15, 0.2) is 0 Å².